The molecule has 1 saturated carbocycles. The first-order chi connectivity index (χ1) is 26.7. The molecular weight excluding hydrogens is 709 g/mol. The van der Waals surface area contributed by atoms with Crippen molar-refractivity contribution in [2.75, 3.05) is 9.80 Å². The Balaban J connectivity index is 1.53. The largest absolute Gasteiger partial charge is 0.334 e. The van der Waals surface area contributed by atoms with Gasteiger partial charge >= 0.3 is 0 Å². The van der Waals surface area contributed by atoms with Crippen molar-refractivity contribution in [2.24, 2.45) is 5.41 Å². The lowest BCUT2D eigenvalue weighted by Crippen LogP contribution is -2.54. The van der Waals surface area contributed by atoms with Gasteiger partial charge < -0.3 is 9.80 Å². The van der Waals surface area contributed by atoms with E-state index < -0.39 is 0 Å². The lowest BCUT2D eigenvalue weighted by atomic mass is 9.61. The van der Waals surface area contributed by atoms with E-state index in [0.29, 0.717) is 0 Å². The summed E-state index contributed by atoms with van der Waals surface area (Å²) in [5.41, 5.74) is 16.3. The van der Waals surface area contributed by atoms with Crippen LogP contribution in [0.25, 0.3) is 17.2 Å². The van der Waals surface area contributed by atoms with Gasteiger partial charge in [-0.05, 0) is 114 Å². The number of allylic oxidation sites excluding steroid dienone is 1. The number of hydrogen-bond donors (Lipinski definition) is 0. The Labute approximate surface area is 349 Å². The molecule has 7 rings (SSSR count). The molecule has 0 radical (unpaired) electrons. The molecule has 3 heteroatoms. The topological polar surface area (TPSA) is 6.48 Å². The number of anilines is 5. The van der Waals surface area contributed by atoms with E-state index in [4.69, 9.17) is 6.42 Å². The Hall–Kier alpha value is -4.52. The molecule has 0 bridgehead atoms. The maximum Gasteiger partial charge on any atom is 0.0859 e. The summed E-state index contributed by atoms with van der Waals surface area (Å²) >= 11 is 1.66. The third-order valence-corrected chi connectivity index (χ3v) is 14.4. The summed E-state index contributed by atoms with van der Waals surface area (Å²) in [6, 6.07) is 32.6. The Morgan fingerprint density at radius 1 is 0.789 bits per heavy atom. The molecule has 57 heavy (non-hydrogen) atoms. The van der Waals surface area contributed by atoms with Gasteiger partial charge in [-0.15, -0.1) is 17.8 Å². The van der Waals surface area contributed by atoms with Gasteiger partial charge in [-0.25, -0.2) is 0 Å². The first-order valence-electron chi connectivity index (χ1n) is 21.0. The van der Waals surface area contributed by atoms with Crippen molar-refractivity contribution in [2.45, 2.75) is 137 Å². The Kier molecular flexibility index (Phi) is 10.3. The molecule has 0 amide bonds. The van der Waals surface area contributed by atoms with E-state index in [2.05, 4.69) is 202 Å². The summed E-state index contributed by atoms with van der Waals surface area (Å²) in [5, 5.41) is 2.28. The van der Waals surface area contributed by atoms with Crippen LogP contribution >= 0.6 is 11.3 Å². The highest BCUT2D eigenvalue weighted by Gasteiger charge is 2.57. The molecule has 2 nitrogen and oxygen atoms in total. The van der Waals surface area contributed by atoms with Crippen LogP contribution in [-0.4, -0.2) is 5.54 Å². The van der Waals surface area contributed by atoms with Crippen LogP contribution in [0.3, 0.4) is 0 Å². The Bertz CT molecular complexity index is 2380. The van der Waals surface area contributed by atoms with Gasteiger partial charge in [0, 0.05) is 39.0 Å². The average molecular weight is 773 g/mol. The predicted octanol–water partition coefficient (Wildman–Crippen LogP) is 16.0. The quantitative estimate of drug-likeness (QED) is 0.159. The standard InChI is InChI=1S/C54H64N2S/c1-15-49-44(31-37(3)50(4,5)6)48(35-57-49)55(46-25-23-39(51(7,8)9)32-43(46)38-21-17-16-18-22-38)41-29-36(2)30-42(34-41)56-47-26-24-40(52(10,11)12)33-45(47)53(13)27-19-20-28-54(53,56)14/h1,16-18,21-26,29-35H,19-20,27-28H2,2-14H3/b37-31+. The van der Waals surface area contributed by atoms with Crippen molar-refractivity contribution in [3.05, 3.63) is 129 Å². The highest BCUT2D eigenvalue weighted by Crippen LogP contribution is 2.62. The second-order valence-corrected chi connectivity index (χ2v) is 21.3. The molecule has 296 valence electrons. The minimum atomic E-state index is -0.0692. The second-order valence-electron chi connectivity index (χ2n) is 20.4. The first-order valence-corrected chi connectivity index (χ1v) is 21.9. The number of terminal acetylenes is 1. The lowest BCUT2D eigenvalue weighted by molar-refractivity contribution is 0.195. The summed E-state index contributed by atoms with van der Waals surface area (Å²) < 4.78 is 0. The highest BCUT2D eigenvalue weighted by molar-refractivity contribution is 7.11. The zero-order chi connectivity index (χ0) is 41.3. The minimum absolute atomic E-state index is 0.00590. The van der Waals surface area contributed by atoms with Gasteiger partial charge in [0.25, 0.3) is 0 Å². The van der Waals surface area contributed by atoms with Gasteiger partial charge in [0.05, 0.1) is 21.8 Å². The monoisotopic (exact) mass is 772 g/mol. The van der Waals surface area contributed by atoms with Gasteiger partial charge in [-0.2, -0.15) is 0 Å². The summed E-state index contributed by atoms with van der Waals surface area (Å²) in [5.74, 6) is 3.08. The molecule has 2 atom stereocenters. The fourth-order valence-electron chi connectivity index (χ4n) is 9.28. The summed E-state index contributed by atoms with van der Waals surface area (Å²) in [6.07, 6.45) is 13.5. The van der Waals surface area contributed by atoms with E-state index in [1.54, 1.807) is 11.3 Å². The van der Waals surface area contributed by atoms with Crippen LogP contribution < -0.4 is 9.80 Å². The van der Waals surface area contributed by atoms with Gasteiger partial charge in [0.15, 0.2) is 0 Å². The van der Waals surface area contributed by atoms with Gasteiger partial charge in [-0.1, -0.05) is 148 Å². The second kappa shape index (κ2) is 14.4. The molecule has 4 aromatic carbocycles. The minimum Gasteiger partial charge on any atom is -0.334 e. The van der Waals surface area contributed by atoms with E-state index in [1.165, 1.54) is 69.6 Å². The van der Waals surface area contributed by atoms with Gasteiger partial charge in [0.1, 0.15) is 0 Å². The fraction of sp³-hybridized carbons (Fsp3) is 0.407. The number of rotatable bonds is 6. The lowest BCUT2D eigenvalue weighted by Gasteiger charge is -2.50. The number of nitrogens with zero attached hydrogens (tertiary/aromatic N) is 2. The van der Waals surface area contributed by atoms with Crippen LogP contribution in [0.2, 0.25) is 0 Å². The first kappa shape index (κ1) is 40.7. The third kappa shape index (κ3) is 7.18. The number of benzene rings is 4. The van der Waals surface area contributed by atoms with E-state index in [1.807, 2.05) is 0 Å². The van der Waals surface area contributed by atoms with E-state index in [0.717, 1.165) is 33.9 Å². The van der Waals surface area contributed by atoms with E-state index in [9.17, 15) is 0 Å². The molecule has 1 aromatic heterocycles. The van der Waals surface area contributed by atoms with Crippen molar-refractivity contribution in [3.63, 3.8) is 0 Å². The molecule has 2 heterocycles. The van der Waals surface area contributed by atoms with Crippen molar-refractivity contribution < 1.29 is 0 Å². The zero-order valence-electron chi connectivity index (χ0n) is 36.9. The molecule has 5 aromatic rings. The molecule has 2 aliphatic rings. The molecule has 0 saturated heterocycles. The van der Waals surface area contributed by atoms with Crippen LogP contribution in [0.15, 0.2) is 95.9 Å². The summed E-state index contributed by atoms with van der Waals surface area (Å²) in [4.78, 5) is 6.19. The maximum atomic E-state index is 6.32. The molecule has 2 unspecified atom stereocenters. The Morgan fingerprint density at radius 3 is 2.09 bits per heavy atom. The molecule has 0 spiro atoms. The molecule has 1 aliphatic carbocycles. The highest BCUT2D eigenvalue weighted by atomic mass is 32.1. The maximum absolute atomic E-state index is 6.32. The molecular formula is C54H64N2S. The molecule has 1 fully saturated rings. The van der Waals surface area contributed by atoms with Crippen molar-refractivity contribution in [1.29, 1.82) is 0 Å². The number of thiophene rings is 1. The van der Waals surface area contributed by atoms with Crippen LogP contribution in [-0.2, 0) is 16.2 Å². The smallest absolute Gasteiger partial charge is 0.0859 e. The predicted molar refractivity (Wildman–Crippen MR) is 250 cm³/mol. The third-order valence-electron chi connectivity index (χ3n) is 13.4. The number of hydrogen-bond acceptors (Lipinski definition) is 3. The molecule has 0 N–H and O–H groups in total. The zero-order valence-corrected chi connectivity index (χ0v) is 37.8. The average Bonchev–Trinajstić information content (AvgIpc) is 3.63. The van der Waals surface area contributed by atoms with E-state index >= 15 is 0 Å². The SMILES string of the molecule is C#Cc1scc(N(c2cc(C)cc(N3c4ccc(C(C)(C)C)cc4C4(C)CCCCC34C)c2)c2ccc(C(C)(C)C)cc2-c2ccccc2)c1/C=C(\C)C(C)(C)C. The van der Waals surface area contributed by atoms with Gasteiger partial charge in [-0.3, -0.25) is 0 Å². The summed E-state index contributed by atoms with van der Waals surface area (Å²) in [7, 11) is 0. The van der Waals surface area contributed by atoms with Crippen LogP contribution in [0.4, 0.5) is 28.4 Å². The van der Waals surface area contributed by atoms with Gasteiger partial charge in [0.2, 0.25) is 0 Å². The van der Waals surface area contributed by atoms with Crippen molar-refractivity contribution in [1.82, 2.24) is 0 Å². The van der Waals surface area contributed by atoms with Crippen molar-refractivity contribution >= 4 is 45.8 Å². The summed E-state index contributed by atoms with van der Waals surface area (Å²) in [6.45, 7) is 30.3. The van der Waals surface area contributed by atoms with E-state index in [-0.39, 0.29) is 27.2 Å². The Morgan fingerprint density at radius 2 is 1.44 bits per heavy atom. The van der Waals surface area contributed by atoms with Crippen molar-refractivity contribution in [3.8, 4) is 23.5 Å². The van der Waals surface area contributed by atoms with Crippen LogP contribution in [0.1, 0.15) is 141 Å². The normalized spacial score (nSPS) is 19.9. The number of fused-ring (bicyclic) bond motifs is 3. The van der Waals surface area contributed by atoms with Crippen LogP contribution in [0.5, 0.6) is 0 Å². The fourth-order valence-corrected chi connectivity index (χ4v) is 10.1. The molecule has 1 aliphatic heterocycles. The van der Waals surface area contributed by atoms with Crippen LogP contribution in [0, 0.1) is 24.7 Å². The number of aryl methyl sites for hydroxylation is 1.